The molecule has 2 unspecified atom stereocenters. The first-order valence-corrected chi connectivity index (χ1v) is 19.5. The SMILES string of the molecule is C=CC1=C(/C=C\C(C)(C)Cl)c2nc1nc1[nH]c(nc3nc(nc4[nH]c(n2)c2c4C=CC(C)(Cl)C=C2)C2=C3C=CC(C)(Cl)C=C2)c2c1C=CC(C)(C)C=C2.CC. The molecule has 11 heteroatoms. The van der Waals surface area contributed by atoms with Gasteiger partial charge in [-0.1, -0.05) is 125 Å². The van der Waals surface area contributed by atoms with Gasteiger partial charge in [-0.05, 0) is 27.7 Å². The molecule has 55 heavy (non-hydrogen) atoms. The van der Waals surface area contributed by atoms with E-state index in [2.05, 4.69) is 54.7 Å². The van der Waals surface area contributed by atoms with E-state index in [4.69, 9.17) is 64.7 Å². The third kappa shape index (κ3) is 7.68. The summed E-state index contributed by atoms with van der Waals surface area (Å²) >= 11 is 20.3. The summed E-state index contributed by atoms with van der Waals surface area (Å²) in [4.78, 5) is 35.6. The Labute approximate surface area is 336 Å². The smallest absolute Gasteiger partial charge is 0.164 e. The van der Waals surface area contributed by atoms with Gasteiger partial charge in [-0.15, -0.1) is 34.8 Å². The zero-order chi connectivity index (χ0) is 39.5. The highest BCUT2D eigenvalue weighted by Crippen LogP contribution is 2.39. The topological polar surface area (TPSA) is 109 Å². The van der Waals surface area contributed by atoms with E-state index in [0.29, 0.717) is 51.5 Å². The van der Waals surface area contributed by atoms with Crippen molar-refractivity contribution in [2.24, 2.45) is 5.41 Å². The highest BCUT2D eigenvalue weighted by Gasteiger charge is 2.28. The number of nitrogens with zero attached hydrogens (tertiary/aromatic N) is 6. The number of aromatic amines is 2. The van der Waals surface area contributed by atoms with E-state index in [0.717, 1.165) is 39.0 Å². The van der Waals surface area contributed by atoms with Gasteiger partial charge in [0.1, 0.15) is 22.6 Å². The molecule has 3 aromatic rings. The Kier molecular flexibility index (Phi) is 9.77. The maximum atomic E-state index is 6.84. The van der Waals surface area contributed by atoms with Crippen LogP contribution in [0.25, 0.3) is 69.2 Å². The number of hydrogen-bond acceptors (Lipinski definition) is 6. The summed E-state index contributed by atoms with van der Waals surface area (Å²) in [5.41, 5.74) is 8.44. The van der Waals surface area contributed by atoms with Crippen molar-refractivity contribution >= 4 is 104 Å². The van der Waals surface area contributed by atoms with Crippen LogP contribution in [-0.4, -0.2) is 54.5 Å². The first-order valence-electron chi connectivity index (χ1n) is 18.3. The van der Waals surface area contributed by atoms with Crippen LogP contribution in [0.3, 0.4) is 0 Å². The van der Waals surface area contributed by atoms with Crippen LogP contribution in [0, 0.1) is 5.41 Å². The van der Waals surface area contributed by atoms with Crippen molar-refractivity contribution in [1.82, 2.24) is 39.9 Å². The number of nitrogens with one attached hydrogen (secondary N) is 2. The summed E-state index contributed by atoms with van der Waals surface area (Å²) in [5, 5.41) is 0. The maximum Gasteiger partial charge on any atom is 0.164 e. The number of allylic oxidation sites excluding steroid dienone is 15. The van der Waals surface area contributed by atoms with Crippen molar-refractivity contribution in [3.63, 3.8) is 0 Å². The van der Waals surface area contributed by atoms with Crippen molar-refractivity contribution in [2.45, 2.75) is 70.0 Å². The van der Waals surface area contributed by atoms with Crippen LogP contribution >= 0.6 is 34.8 Å². The molecule has 2 atom stereocenters. The van der Waals surface area contributed by atoms with Gasteiger partial charge in [-0.25, -0.2) is 29.9 Å². The van der Waals surface area contributed by atoms with E-state index in [1.165, 1.54) is 0 Å². The predicted octanol–water partition coefficient (Wildman–Crippen LogP) is 11.7. The Morgan fingerprint density at radius 1 is 0.564 bits per heavy atom. The normalized spacial score (nSPS) is 22.2. The van der Waals surface area contributed by atoms with Crippen molar-refractivity contribution in [3.8, 4) is 0 Å². The Bertz CT molecular complexity index is 2590. The van der Waals surface area contributed by atoms with E-state index in [9.17, 15) is 0 Å². The van der Waals surface area contributed by atoms with Gasteiger partial charge in [-0.3, -0.25) is 0 Å². The van der Waals surface area contributed by atoms with E-state index < -0.39 is 14.6 Å². The summed E-state index contributed by atoms with van der Waals surface area (Å²) in [6, 6.07) is 0. The van der Waals surface area contributed by atoms with Crippen LogP contribution in [-0.2, 0) is 0 Å². The van der Waals surface area contributed by atoms with Crippen LogP contribution in [0.15, 0.2) is 73.4 Å². The number of fused-ring (bicyclic) bond motifs is 16. The molecule has 8 rings (SSSR count). The molecule has 8 bridgehead atoms. The zero-order valence-corrected chi connectivity index (χ0v) is 34.5. The monoisotopic (exact) mass is 788 g/mol. The second-order valence-corrected chi connectivity index (χ2v) is 17.7. The molecule has 280 valence electrons. The van der Waals surface area contributed by atoms with Crippen molar-refractivity contribution < 1.29 is 0 Å². The minimum atomic E-state index is -0.720. The maximum absolute atomic E-state index is 6.84. The van der Waals surface area contributed by atoms with Crippen LogP contribution in [0.5, 0.6) is 0 Å². The van der Waals surface area contributed by atoms with Gasteiger partial charge in [-0.2, -0.15) is 0 Å². The third-order valence-corrected chi connectivity index (χ3v) is 10.1. The molecule has 0 fully saturated rings. The van der Waals surface area contributed by atoms with E-state index in [-0.39, 0.29) is 5.41 Å². The second kappa shape index (κ2) is 14.0. The van der Waals surface area contributed by atoms with Crippen LogP contribution in [0.1, 0.15) is 101 Å². The molecule has 0 spiro atoms. The van der Waals surface area contributed by atoms with Crippen LogP contribution in [0.4, 0.5) is 0 Å². The van der Waals surface area contributed by atoms with Crippen molar-refractivity contribution in [1.29, 1.82) is 0 Å². The van der Waals surface area contributed by atoms with Gasteiger partial charge in [0.2, 0.25) is 0 Å². The molecular formula is C44H43Cl3N8. The van der Waals surface area contributed by atoms with Crippen LogP contribution in [0.2, 0.25) is 0 Å². The lowest BCUT2D eigenvalue weighted by atomic mass is 9.93. The number of rotatable bonds is 3. The molecule has 3 aromatic heterocycles. The predicted molar refractivity (Wildman–Crippen MR) is 233 cm³/mol. The molecule has 2 N–H and O–H groups in total. The number of alkyl halides is 3. The standard InChI is InChI=1S/C42H37Cl3N8.C2H6/c1-8-23-24(11-18-40(4,5)43)32-46-31(23)47-33-25-9-16-39(2,3)17-10-26(25)34(49-33)50-36-29-14-21-42(7,45)22-15-30(29)38(52-36)53-37-28-13-20-41(6,44)19-12-27(28)35(48-32)51-37;1-2/h8-22H,1H2,2-7H3,(H2,46,47,48,49,50,51,52,53);1-2H3/b18-11-;. The average Bonchev–Trinajstić information content (AvgIpc) is 3.71. The Balaban J connectivity index is 0.00000229. The first kappa shape index (κ1) is 38.4. The van der Waals surface area contributed by atoms with Gasteiger partial charge in [0.25, 0.3) is 0 Å². The summed E-state index contributed by atoms with van der Waals surface area (Å²) < 4.78 is 0. The van der Waals surface area contributed by atoms with Gasteiger partial charge in [0.15, 0.2) is 23.3 Å². The minimum Gasteiger partial charge on any atom is -0.324 e. The van der Waals surface area contributed by atoms with Crippen LogP contribution < -0.4 is 0 Å². The molecule has 0 radical (unpaired) electrons. The molecule has 0 aromatic carbocycles. The average molecular weight is 790 g/mol. The Morgan fingerprint density at radius 3 is 1.35 bits per heavy atom. The Morgan fingerprint density at radius 2 is 0.927 bits per heavy atom. The number of hydrogen-bond donors (Lipinski definition) is 2. The molecule has 3 aliphatic carbocycles. The minimum absolute atomic E-state index is 0.198. The van der Waals surface area contributed by atoms with Gasteiger partial charge in [0, 0.05) is 50.0 Å². The number of H-pyrrole nitrogens is 2. The molecule has 5 aliphatic rings. The molecule has 0 saturated heterocycles. The second-order valence-electron chi connectivity index (χ2n) is 15.1. The Hall–Kier alpha value is -4.89. The lowest BCUT2D eigenvalue weighted by Gasteiger charge is -2.12. The molecule has 2 aliphatic heterocycles. The molecule has 0 amide bonds. The molecular weight excluding hydrogens is 747 g/mol. The van der Waals surface area contributed by atoms with Gasteiger partial charge < -0.3 is 9.97 Å². The van der Waals surface area contributed by atoms with Gasteiger partial charge >= 0.3 is 0 Å². The first-order chi connectivity index (χ1) is 26.0. The lowest BCUT2D eigenvalue weighted by molar-refractivity contribution is 0.633. The fraction of sp³-hybridized carbons (Fsp3) is 0.273. The third-order valence-electron chi connectivity index (χ3n) is 9.43. The highest BCUT2D eigenvalue weighted by molar-refractivity contribution is 6.27. The van der Waals surface area contributed by atoms with Crippen molar-refractivity contribution in [2.75, 3.05) is 0 Å². The molecule has 8 nitrogen and oxygen atoms in total. The number of halogens is 3. The van der Waals surface area contributed by atoms with E-state index >= 15 is 0 Å². The molecule has 5 heterocycles. The largest absolute Gasteiger partial charge is 0.324 e. The lowest BCUT2D eigenvalue weighted by Crippen LogP contribution is -2.06. The quantitative estimate of drug-likeness (QED) is 0.256. The fourth-order valence-corrected chi connectivity index (χ4v) is 6.76. The summed E-state index contributed by atoms with van der Waals surface area (Å²) in [6.07, 6.45) is 29.6. The van der Waals surface area contributed by atoms with Gasteiger partial charge in [0.05, 0.1) is 14.6 Å². The van der Waals surface area contributed by atoms with E-state index in [1.807, 2.05) is 102 Å². The summed E-state index contributed by atoms with van der Waals surface area (Å²) in [6.45, 7) is 20.2. The fourth-order valence-electron chi connectivity index (χ4n) is 6.44. The van der Waals surface area contributed by atoms with Crippen molar-refractivity contribution in [3.05, 3.63) is 119 Å². The van der Waals surface area contributed by atoms with E-state index in [1.54, 1.807) is 6.08 Å². The number of aromatic nitrogens is 8. The summed E-state index contributed by atoms with van der Waals surface area (Å²) in [5.74, 6) is 1.84. The molecule has 0 saturated carbocycles. The highest BCUT2D eigenvalue weighted by atomic mass is 35.5. The zero-order valence-electron chi connectivity index (χ0n) is 32.2. The summed E-state index contributed by atoms with van der Waals surface area (Å²) in [7, 11) is 0.